The minimum atomic E-state index is 0.646. The predicted octanol–water partition coefficient (Wildman–Crippen LogP) is 2.18. The highest BCUT2D eigenvalue weighted by molar-refractivity contribution is 5.80. The van der Waals surface area contributed by atoms with Crippen LogP contribution in [0.15, 0.2) is 35.3 Å². The summed E-state index contributed by atoms with van der Waals surface area (Å²) >= 11 is 0. The molecule has 2 fully saturated rings. The van der Waals surface area contributed by atoms with Gasteiger partial charge in [0.25, 0.3) is 0 Å². The van der Waals surface area contributed by atoms with Gasteiger partial charge in [-0.1, -0.05) is 37.3 Å². The summed E-state index contributed by atoms with van der Waals surface area (Å²) in [5.74, 6) is 1.93. The Kier molecular flexibility index (Phi) is 4.98. The zero-order valence-electron chi connectivity index (χ0n) is 13.8. The Hall–Kier alpha value is -1.55. The zero-order chi connectivity index (χ0) is 15.4. The molecule has 1 heterocycles. The first-order chi connectivity index (χ1) is 10.8. The summed E-state index contributed by atoms with van der Waals surface area (Å²) in [6, 6.07) is 11.4. The van der Waals surface area contributed by atoms with E-state index in [1.807, 2.05) is 0 Å². The van der Waals surface area contributed by atoms with Gasteiger partial charge in [0, 0.05) is 45.3 Å². The van der Waals surface area contributed by atoms with Crippen LogP contribution in [0, 0.1) is 5.92 Å². The number of hydrogen-bond donors (Lipinski definition) is 1. The Labute approximate surface area is 134 Å². The molecule has 4 heteroatoms. The van der Waals surface area contributed by atoms with Gasteiger partial charge < -0.3 is 10.2 Å². The number of guanidine groups is 1. The fraction of sp³-hybridized carbons (Fsp3) is 0.611. The highest BCUT2D eigenvalue weighted by Gasteiger charge is 2.34. The molecule has 120 valence electrons. The van der Waals surface area contributed by atoms with Gasteiger partial charge in [0.1, 0.15) is 0 Å². The lowest BCUT2D eigenvalue weighted by molar-refractivity contribution is 0.172. The van der Waals surface area contributed by atoms with Crippen LogP contribution >= 0.6 is 0 Å². The molecule has 1 saturated heterocycles. The monoisotopic (exact) mass is 300 g/mol. The van der Waals surface area contributed by atoms with E-state index in [-0.39, 0.29) is 0 Å². The molecule has 3 rings (SSSR count). The molecular weight excluding hydrogens is 272 g/mol. The fourth-order valence-corrected chi connectivity index (χ4v) is 3.04. The normalized spacial score (nSPS) is 26.1. The van der Waals surface area contributed by atoms with Crippen LogP contribution in [0.2, 0.25) is 0 Å². The first-order valence-corrected chi connectivity index (χ1v) is 8.58. The van der Waals surface area contributed by atoms with Gasteiger partial charge in [-0.3, -0.25) is 9.89 Å². The Morgan fingerprint density at radius 1 is 1.18 bits per heavy atom. The van der Waals surface area contributed by atoms with Gasteiger partial charge in [0.05, 0.1) is 0 Å². The van der Waals surface area contributed by atoms with Gasteiger partial charge >= 0.3 is 0 Å². The number of aliphatic imine (C=N–C) groups is 1. The van der Waals surface area contributed by atoms with E-state index in [2.05, 4.69) is 64.3 Å². The predicted molar refractivity (Wildman–Crippen MR) is 92.0 cm³/mol. The fourth-order valence-electron chi connectivity index (χ4n) is 3.04. The third kappa shape index (κ3) is 4.01. The molecule has 1 N–H and O–H groups in total. The van der Waals surface area contributed by atoms with E-state index in [1.54, 1.807) is 0 Å². The summed E-state index contributed by atoms with van der Waals surface area (Å²) in [6.07, 6.45) is 1.29. The van der Waals surface area contributed by atoms with Crippen molar-refractivity contribution in [3.05, 3.63) is 35.9 Å². The highest BCUT2D eigenvalue weighted by atomic mass is 15.4. The van der Waals surface area contributed by atoms with Crippen molar-refractivity contribution in [1.29, 1.82) is 0 Å². The second kappa shape index (κ2) is 7.14. The number of nitrogens with zero attached hydrogens (tertiary/aromatic N) is 3. The highest BCUT2D eigenvalue weighted by Crippen LogP contribution is 2.29. The summed E-state index contributed by atoms with van der Waals surface area (Å²) < 4.78 is 0. The number of benzene rings is 1. The van der Waals surface area contributed by atoms with E-state index >= 15 is 0 Å². The minimum absolute atomic E-state index is 0.646. The van der Waals surface area contributed by atoms with Crippen molar-refractivity contribution in [1.82, 2.24) is 15.1 Å². The van der Waals surface area contributed by atoms with Gasteiger partial charge in [0.15, 0.2) is 5.96 Å². The SMILES string of the molecule is CCN=C(NC1CC1C)N1CCN(Cc2ccccc2)CC1. The standard InChI is InChI=1S/C18H28N4/c1-3-19-18(20-17-13-15(17)2)22-11-9-21(10-12-22)14-16-7-5-4-6-8-16/h4-8,15,17H,3,9-14H2,1-2H3,(H,19,20). The van der Waals surface area contributed by atoms with Crippen molar-refractivity contribution in [2.24, 2.45) is 10.9 Å². The first-order valence-electron chi connectivity index (χ1n) is 8.58. The van der Waals surface area contributed by atoms with Crippen LogP contribution in [0.5, 0.6) is 0 Å². The molecule has 1 saturated carbocycles. The van der Waals surface area contributed by atoms with Crippen molar-refractivity contribution in [2.75, 3.05) is 32.7 Å². The van der Waals surface area contributed by atoms with E-state index in [9.17, 15) is 0 Å². The molecule has 1 aromatic carbocycles. The Balaban J connectivity index is 1.50. The lowest BCUT2D eigenvalue weighted by atomic mass is 10.2. The quantitative estimate of drug-likeness (QED) is 0.683. The molecule has 0 bridgehead atoms. The largest absolute Gasteiger partial charge is 0.353 e. The lowest BCUT2D eigenvalue weighted by Crippen LogP contribution is -2.52. The molecule has 22 heavy (non-hydrogen) atoms. The molecule has 0 radical (unpaired) electrons. The number of hydrogen-bond acceptors (Lipinski definition) is 2. The average Bonchev–Trinajstić information content (AvgIpc) is 3.24. The third-order valence-corrected chi connectivity index (χ3v) is 4.65. The molecule has 1 aliphatic carbocycles. The molecular formula is C18H28N4. The molecule has 1 aliphatic heterocycles. The van der Waals surface area contributed by atoms with E-state index in [4.69, 9.17) is 0 Å². The number of rotatable bonds is 4. The maximum Gasteiger partial charge on any atom is 0.194 e. The Bertz CT molecular complexity index is 491. The Morgan fingerprint density at radius 3 is 2.45 bits per heavy atom. The summed E-state index contributed by atoms with van der Waals surface area (Å²) in [7, 11) is 0. The van der Waals surface area contributed by atoms with Crippen LogP contribution in [0.3, 0.4) is 0 Å². The van der Waals surface area contributed by atoms with E-state index in [0.717, 1.165) is 51.1 Å². The zero-order valence-corrected chi connectivity index (χ0v) is 13.8. The van der Waals surface area contributed by atoms with Crippen molar-refractivity contribution in [2.45, 2.75) is 32.9 Å². The summed E-state index contributed by atoms with van der Waals surface area (Å²) in [4.78, 5) is 9.65. The van der Waals surface area contributed by atoms with Crippen LogP contribution in [0.1, 0.15) is 25.8 Å². The van der Waals surface area contributed by atoms with Crippen LogP contribution < -0.4 is 5.32 Å². The molecule has 0 amide bonds. The van der Waals surface area contributed by atoms with Crippen molar-refractivity contribution < 1.29 is 0 Å². The molecule has 2 unspecified atom stereocenters. The van der Waals surface area contributed by atoms with E-state index < -0.39 is 0 Å². The van der Waals surface area contributed by atoms with Gasteiger partial charge in [0.2, 0.25) is 0 Å². The van der Waals surface area contributed by atoms with Crippen LogP contribution in [-0.2, 0) is 6.54 Å². The summed E-state index contributed by atoms with van der Waals surface area (Å²) in [5.41, 5.74) is 1.41. The first kappa shape index (κ1) is 15.3. The summed E-state index contributed by atoms with van der Waals surface area (Å²) in [6.45, 7) is 10.7. The molecule has 1 aromatic rings. The van der Waals surface area contributed by atoms with Crippen molar-refractivity contribution in [3.63, 3.8) is 0 Å². The molecule has 4 nitrogen and oxygen atoms in total. The second-order valence-corrected chi connectivity index (χ2v) is 6.51. The van der Waals surface area contributed by atoms with Gasteiger partial charge in [-0.25, -0.2) is 0 Å². The van der Waals surface area contributed by atoms with Crippen LogP contribution in [-0.4, -0.2) is 54.5 Å². The number of piperazine rings is 1. The van der Waals surface area contributed by atoms with Gasteiger partial charge in [-0.2, -0.15) is 0 Å². The van der Waals surface area contributed by atoms with E-state index in [0.29, 0.717) is 6.04 Å². The minimum Gasteiger partial charge on any atom is -0.353 e. The van der Waals surface area contributed by atoms with Gasteiger partial charge in [-0.15, -0.1) is 0 Å². The maximum absolute atomic E-state index is 4.68. The second-order valence-electron chi connectivity index (χ2n) is 6.51. The lowest BCUT2D eigenvalue weighted by Gasteiger charge is -2.36. The van der Waals surface area contributed by atoms with Crippen molar-refractivity contribution >= 4 is 5.96 Å². The van der Waals surface area contributed by atoms with Crippen molar-refractivity contribution in [3.8, 4) is 0 Å². The van der Waals surface area contributed by atoms with Crippen LogP contribution in [0.25, 0.3) is 0 Å². The molecule has 2 atom stereocenters. The van der Waals surface area contributed by atoms with Crippen LogP contribution in [0.4, 0.5) is 0 Å². The maximum atomic E-state index is 4.68. The molecule has 0 spiro atoms. The van der Waals surface area contributed by atoms with E-state index in [1.165, 1.54) is 12.0 Å². The van der Waals surface area contributed by atoms with Gasteiger partial charge in [-0.05, 0) is 24.8 Å². The molecule has 2 aliphatic rings. The summed E-state index contributed by atoms with van der Waals surface area (Å²) in [5, 5.41) is 3.63. The average molecular weight is 300 g/mol. The Morgan fingerprint density at radius 2 is 1.86 bits per heavy atom. The number of nitrogens with one attached hydrogen (secondary N) is 1. The third-order valence-electron chi connectivity index (χ3n) is 4.65. The smallest absolute Gasteiger partial charge is 0.194 e. The molecule has 0 aromatic heterocycles. The topological polar surface area (TPSA) is 30.9 Å².